The Morgan fingerprint density at radius 2 is 1.81 bits per heavy atom. The summed E-state index contributed by atoms with van der Waals surface area (Å²) in [5.41, 5.74) is 1.69. The van der Waals surface area contributed by atoms with Crippen molar-refractivity contribution in [3.8, 4) is 11.3 Å². The first kappa shape index (κ1) is 18.9. The summed E-state index contributed by atoms with van der Waals surface area (Å²) in [4.78, 5) is 14.5. The number of rotatable bonds is 6. The van der Waals surface area contributed by atoms with Crippen molar-refractivity contribution in [3.05, 3.63) is 59.4 Å². The molecule has 5 nitrogen and oxygen atoms in total. The third kappa shape index (κ3) is 3.96. The van der Waals surface area contributed by atoms with Crippen LogP contribution in [0.15, 0.2) is 36.4 Å². The smallest absolute Gasteiger partial charge is 0.251 e. The topological polar surface area (TPSA) is 85.4 Å². The van der Waals surface area contributed by atoms with Gasteiger partial charge >= 0.3 is 0 Å². The largest absolute Gasteiger partial charge is 0.393 e. The van der Waals surface area contributed by atoms with Crippen LogP contribution >= 0.6 is 0 Å². The van der Waals surface area contributed by atoms with Crippen LogP contribution in [0.5, 0.6) is 0 Å². The number of hydrogen-bond acceptors (Lipinski definition) is 3. The standard InChI is InChI=1S/C19H17F3N2O3/c20-11-3-1-10(2-4-11)17-13(5-6-23-19(27)16(26)9-25)14-7-12(21)8-15(22)18(14)24-17/h1-4,7-8,16,24-26H,5-6,9H2,(H,23,27). The number of H-pyrrole nitrogens is 1. The number of halogens is 3. The number of fused-ring (bicyclic) bond motifs is 1. The summed E-state index contributed by atoms with van der Waals surface area (Å²) in [6.45, 7) is -0.647. The molecule has 1 aromatic heterocycles. The van der Waals surface area contributed by atoms with Gasteiger partial charge in [0.2, 0.25) is 0 Å². The number of aliphatic hydroxyl groups is 2. The van der Waals surface area contributed by atoms with Gasteiger partial charge in [-0.1, -0.05) is 0 Å². The number of nitrogens with one attached hydrogen (secondary N) is 2. The molecule has 27 heavy (non-hydrogen) atoms. The fraction of sp³-hybridized carbons (Fsp3) is 0.211. The number of amides is 1. The first-order valence-corrected chi connectivity index (χ1v) is 8.23. The minimum Gasteiger partial charge on any atom is -0.393 e. The van der Waals surface area contributed by atoms with Gasteiger partial charge in [0.15, 0.2) is 6.10 Å². The van der Waals surface area contributed by atoms with Gasteiger partial charge in [-0.3, -0.25) is 4.79 Å². The summed E-state index contributed by atoms with van der Waals surface area (Å²) >= 11 is 0. The lowest BCUT2D eigenvalue weighted by atomic mass is 10.0. The Morgan fingerprint density at radius 1 is 1.11 bits per heavy atom. The van der Waals surface area contributed by atoms with E-state index in [1.54, 1.807) is 0 Å². The van der Waals surface area contributed by atoms with Crippen LogP contribution in [0.25, 0.3) is 22.2 Å². The van der Waals surface area contributed by atoms with E-state index >= 15 is 0 Å². The van der Waals surface area contributed by atoms with Crippen LogP contribution in [0, 0.1) is 17.5 Å². The maximum absolute atomic E-state index is 14.2. The number of carbonyl (C=O) groups is 1. The van der Waals surface area contributed by atoms with E-state index in [1.807, 2.05) is 0 Å². The monoisotopic (exact) mass is 378 g/mol. The summed E-state index contributed by atoms with van der Waals surface area (Å²) in [7, 11) is 0. The van der Waals surface area contributed by atoms with E-state index in [2.05, 4.69) is 10.3 Å². The van der Waals surface area contributed by atoms with E-state index in [0.29, 0.717) is 22.2 Å². The number of aromatic nitrogens is 1. The molecule has 0 aliphatic carbocycles. The minimum atomic E-state index is -1.54. The number of carbonyl (C=O) groups excluding carboxylic acids is 1. The molecule has 0 radical (unpaired) electrons. The molecule has 0 bridgehead atoms. The van der Waals surface area contributed by atoms with E-state index in [4.69, 9.17) is 5.11 Å². The Bertz CT molecular complexity index is 970. The predicted octanol–water partition coefficient (Wildman–Crippen LogP) is 2.26. The van der Waals surface area contributed by atoms with Gasteiger partial charge in [-0.2, -0.15) is 0 Å². The van der Waals surface area contributed by atoms with Crippen molar-refractivity contribution in [1.82, 2.24) is 10.3 Å². The summed E-state index contributed by atoms with van der Waals surface area (Å²) < 4.78 is 41.1. The second-order valence-corrected chi connectivity index (χ2v) is 6.04. The Kier molecular flexibility index (Phi) is 5.48. The van der Waals surface area contributed by atoms with Crippen LogP contribution < -0.4 is 5.32 Å². The molecular formula is C19H17F3N2O3. The van der Waals surface area contributed by atoms with Crippen LogP contribution in [-0.2, 0) is 11.2 Å². The molecule has 1 unspecified atom stereocenters. The third-order valence-corrected chi connectivity index (χ3v) is 4.21. The zero-order chi connectivity index (χ0) is 19.6. The van der Waals surface area contributed by atoms with E-state index < -0.39 is 36.1 Å². The Morgan fingerprint density at radius 3 is 2.48 bits per heavy atom. The molecule has 1 amide bonds. The van der Waals surface area contributed by atoms with Crippen molar-refractivity contribution in [3.63, 3.8) is 0 Å². The highest BCUT2D eigenvalue weighted by molar-refractivity contribution is 5.91. The third-order valence-electron chi connectivity index (χ3n) is 4.21. The molecule has 3 aromatic rings. The number of benzene rings is 2. The molecule has 142 valence electrons. The lowest BCUT2D eigenvalue weighted by molar-refractivity contribution is -0.131. The summed E-state index contributed by atoms with van der Waals surface area (Å²) in [5.74, 6) is -2.69. The average molecular weight is 378 g/mol. The van der Waals surface area contributed by atoms with Gasteiger partial charge in [0.1, 0.15) is 17.5 Å². The van der Waals surface area contributed by atoms with Gasteiger partial charge in [-0.25, -0.2) is 13.2 Å². The fourth-order valence-corrected chi connectivity index (χ4v) is 2.91. The van der Waals surface area contributed by atoms with Gasteiger partial charge in [0, 0.05) is 23.7 Å². The van der Waals surface area contributed by atoms with Crippen molar-refractivity contribution in [2.24, 2.45) is 0 Å². The number of aliphatic hydroxyl groups excluding tert-OH is 2. The number of aromatic amines is 1. The quantitative estimate of drug-likeness (QED) is 0.531. The normalized spacial score (nSPS) is 12.3. The molecule has 0 aliphatic rings. The first-order chi connectivity index (χ1) is 12.9. The van der Waals surface area contributed by atoms with Crippen LogP contribution in [0.2, 0.25) is 0 Å². The zero-order valence-electron chi connectivity index (χ0n) is 14.1. The molecule has 8 heteroatoms. The van der Waals surface area contributed by atoms with Crippen molar-refractivity contribution in [2.75, 3.05) is 13.2 Å². The Labute approximate surface area is 152 Å². The summed E-state index contributed by atoms with van der Waals surface area (Å²) in [6.07, 6.45) is -1.35. The van der Waals surface area contributed by atoms with Crippen LogP contribution in [0.4, 0.5) is 13.2 Å². The molecule has 0 saturated heterocycles. The molecular weight excluding hydrogens is 361 g/mol. The van der Waals surface area contributed by atoms with Crippen LogP contribution in [-0.4, -0.2) is 40.4 Å². The van der Waals surface area contributed by atoms with Crippen LogP contribution in [0.3, 0.4) is 0 Å². The van der Waals surface area contributed by atoms with Gasteiger partial charge < -0.3 is 20.5 Å². The molecule has 0 aliphatic heterocycles. The molecule has 1 atom stereocenters. The second-order valence-electron chi connectivity index (χ2n) is 6.04. The molecule has 2 aromatic carbocycles. The second kappa shape index (κ2) is 7.81. The zero-order valence-corrected chi connectivity index (χ0v) is 14.1. The molecule has 4 N–H and O–H groups in total. The number of hydrogen-bond donors (Lipinski definition) is 4. The maximum atomic E-state index is 14.2. The van der Waals surface area contributed by atoms with E-state index in [0.717, 1.165) is 6.07 Å². The van der Waals surface area contributed by atoms with Gasteiger partial charge in [-0.15, -0.1) is 0 Å². The SMILES string of the molecule is O=C(NCCc1c(-c2ccc(F)cc2)[nH]c2c(F)cc(F)cc12)C(O)CO. The molecule has 0 fully saturated rings. The Balaban J connectivity index is 1.99. The van der Waals surface area contributed by atoms with Crippen LogP contribution in [0.1, 0.15) is 5.56 Å². The first-order valence-electron chi connectivity index (χ1n) is 8.23. The van der Waals surface area contributed by atoms with Gasteiger partial charge in [-0.05, 0) is 47.9 Å². The molecule has 3 rings (SSSR count). The van der Waals surface area contributed by atoms with E-state index in [1.165, 1.54) is 30.3 Å². The fourth-order valence-electron chi connectivity index (χ4n) is 2.91. The Hall–Kier alpha value is -2.84. The van der Waals surface area contributed by atoms with Crippen molar-refractivity contribution in [1.29, 1.82) is 0 Å². The lowest BCUT2D eigenvalue weighted by Gasteiger charge is -2.10. The maximum Gasteiger partial charge on any atom is 0.251 e. The van der Waals surface area contributed by atoms with E-state index in [-0.39, 0.29) is 18.5 Å². The van der Waals surface area contributed by atoms with Crippen molar-refractivity contribution in [2.45, 2.75) is 12.5 Å². The summed E-state index contributed by atoms with van der Waals surface area (Å²) in [6, 6.07) is 7.46. The molecule has 0 spiro atoms. The highest BCUT2D eigenvalue weighted by atomic mass is 19.1. The predicted molar refractivity (Wildman–Crippen MR) is 93.4 cm³/mol. The van der Waals surface area contributed by atoms with Gasteiger partial charge in [0.25, 0.3) is 5.91 Å². The average Bonchev–Trinajstić information content (AvgIpc) is 3.00. The summed E-state index contributed by atoms with van der Waals surface area (Å²) in [5, 5.41) is 20.8. The highest BCUT2D eigenvalue weighted by Crippen LogP contribution is 2.32. The highest BCUT2D eigenvalue weighted by Gasteiger charge is 2.18. The lowest BCUT2D eigenvalue weighted by Crippen LogP contribution is -2.37. The molecule has 1 heterocycles. The minimum absolute atomic E-state index is 0.0647. The molecule has 0 saturated carbocycles. The van der Waals surface area contributed by atoms with E-state index in [9.17, 15) is 23.1 Å². The van der Waals surface area contributed by atoms with Crippen molar-refractivity contribution < 1.29 is 28.2 Å². The van der Waals surface area contributed by atoms with Gasteiger partial charge in [0.05, 0.1) is 12.1 Å². The van der Waals surface area contributed by atoms with Crippen molar-refractivity contribution >= 4 is 16.8 Å².